The van der Waals surface area contributed by atoms with Gasteiger partial charge in [-0.3, -0.25) is 0 Å². The first-order valence-electron chi connectivity index (χ1n) is 2.28. The molecular weight excluding hydrogens is 359 g/mol. The van der Waals surface area contributed by atoms with Crippen molar-refractivity contribution in [2.75, 3.05) is 0 Å². The second kappa shape index (κ2) is 8.39. The summed E-state index contributed by atoms with van der Waals surface area (Å²) < 4.78 is 36.4. The van der Waals surface area contributed by atoms with Crippen molar-refractivity contribution in [3.8, 4) is 0 Å². The molecule has 0 heterocycles. The van der Waals surface area contributed by atoms with Crippen molar-refractivity contribution in [2.24, 2.45) is 0 Å². The van der Waals surface area contributed by atoms with Gasteiger partial charge in [0.15, 0.2) is 0 Å². The average Bonchev–Trinajstić information content (AvgIpc) is 1.43. The summed E-state index contributed by atoms with van der Waals surface area (Å²) in [6.45, 7) is 0. The molecule has 0 bridgehead atoms. The standard InChI is InChI=1S/3ClH.H5O10P3/c;;;1-11(2,3)9-13(7,8)10-12(4,5)6/h3*1H;(H,7,8)(H2,1,2,3)(H2,4,5,6). The summed E-state index contributed by atoms with van der Waals surface area (Å²) in [5.74, 6) is 0. The second-order valence-corrected chi connectivity index (χ2v) is 5.82. The molecule has 0 aliphatic heterocycles. The predicted molar refractivity (Wildman–Crippen MR) is 57.8 cm³/mol. The third-order valence-electron chi connectivity index (χ3n) is 0.419. The lowest BCUT2D eigenvalue weighted by atomic mass is 15.7. The zero-order valence-corrected chi connectivity index (χ0v) is 12.0. The molecule has 0 aromatic carbocycles. The van der Waals surface area contributed by atoms with Crippen molar-refractivity contribution in [3.63, 3.8) is 0 Å². The number of hydrogen-bond donors (Lipinski definition) is 5. The maximum absolute atomic E-state index is 10.4. The molecule has 0 saturated heterocycles. The SMILES string of the molecule is Cl.Cl.Cl.O=P(O)(O)OP(=O)(O)OP(=O)(O)O. The van der Waals surface area contributed by atoms with Crippen LogP contribution in [-0.2, 0) is 22.3 Å². The smallest absolute Gasteiger partial charge is 0.302 e. The lowest BCUT2D eigenvalue weighted by molar-refractivity contribution is 0.204. The molecule has 0 fully saturated rings. The molecule has 10 nitrogen and oxygen atoms in total. The molecule has 0 aliphatic rings. The fourth-order valence-electron chi connectivity index (χ4n) is 0.284. The number of phosphoric acid groups is 3. The molecule has 0 rings (SSSR count). The number of hydrogen-bond acceptors (Lipinski definition) is 5. The summed E-state index contributed by atoms with van der Waals surface area (Å²) >= 11 is 0. The van der Waals surface area contributed by atoms with Crippen LogP contribution < -0.4 is 0 Å². The van der Waals surface area contributed by atoms with E-state index in [0.717, 1.165) is 0 Å². The first-order valence-corrected chi connectivity index (χ1v) is 6.83. The molecular formula is H8Cl3O10P3. The van der Waals surface area contributed by atoms with Gasteiger partial charge in [0.2, 0.25) is 0 Å². The Labute approximate surface area is 108 Å². The van der Waals surface area contributed by atoms with Crippen LogP contribution in [0.2, 0.25) is 0 Å². The van der Waals surface area contributed by atoms with E-state index in [1.165, 1.54) is 0 Å². The Balaban J connectivity index is -0.000000240. The fourth-order valence-corrected chi connectivity index (χ4v) is 2.82. The Hall–Kier alpha value is 1.28. The molecule has 16 heavy (non-hydrogen) atoms. The van der Waals surface area contributed by atoms with E-state index in [1.54, 1.807) is 0 Å². The molecule has 0 atom stereocenters. The Morgan fingerprint density at radius 2 is 0.812 bits per heavy atom. The van der Waals surface area contributed by atoms with Gasteiger partial charge < -0.3 is 24.5 Å². The highest BCUT2D eigenvalue weighted by atomic mass is 35.5. The highest BCUT2D eigenvalue weighted by Gasteiger charge is 2.38. The van der Waals surface area contributed by atoms with Crippen molar-refractivity contribution >= 4 is 60.7 Å². The molecule has 0 aliphatic carbocycles. The van der Waals surface area contributed by atoms with Gasteiger partial charge in [-0.2, -0.15) is 8.62 Å². The van der Waals surface area contributed by atoms with Gasteiger partial charge in [-0.15, -0.1) is 37.2 Å². The molecule has 0 saturated carbocycles. The highest BCUT2D eigenvalue weighted by molar-refractivity contribution is 7.66. The topological polar surface area (TPSA) is 171 Å². The van der Waals surface area contributed by atoms with Crippen molar-refractivity contribution in [1.29, 1.82) is 0 Å². The summed E-state index contributed by atoms with van der Waals surface area (Å²) in [6, 6.07) is 0. The molecule has 0 unspecified atom stereocenters. The average molecular weight is 367 g/mol. The van der Waals surface area contributed by atoms with Gasteiger partial charge >= 0.3 is 23.5 Å². The maximum Gasteiger partial charge on any atom is 0.490 e. The third-order valence-corrected chi connectivity index (χ3v) is 3.77. The summed E-state index contributed by atoms with van der Waals surface area (Å²) in [5, 5.41) is 0. The Bertz CT molecular complexity index is 283. The monoisotopic (exact) mass is 366 g/mol. The van der Waals surface area contributed by atoms with Crippen LogP contribution >= 0.6 is 60.7 Å². The number of halogens is 3. The largest absolute Gasteiger partial charge is 0.490 e. The molecule has 16 heteroatoms. The zero-order chi connectivity index (χ0) is 10.9. The van der Waals surface area contributed by atoms with Gasteiger partial charge in [0.05, 0.1) is 0 Å². The van der Waals surface area contributed by atoms with Crippen molar-refractivity contribution in [2.45, 2.75) is 0 Å². The van der Waals surface area contributed by atoms with E-state index in [1.807, 2.05) is 0 Å². The van der Waals surface area contributed by atoms with Crippen LogP contribution in [0, 0.1) is 0 Å². The van der Waals surface area contributed by atoms with Crippen LogP contribution in [0.4, 0.5) is 0 Å². The lowest BCUT2D eigenvalue weighted by Crippen LogP contribution is -1.91. The van der Waals surface area contributed by atoms with Crippen molar-refractivity contribution in [1.82, 2.24) is 0 Å². The van der Waals surface area contributed by atoms with Gasteiger partial charge in [-0.25, -0.2) is 13.7 Å². The Kier molecular flexibility index (Phi) is 13.6. The van der Waals surface area contributed by atoms with Gasteiger partial charge in [0.25, 0.3) is 0 Å². The van der Waals surface area contributed by atoms with Gasteiger partial charge in [0, 0.05) is 0 Å². The van der Waals surface area contributed by atoms with Crippen LogP contribution in [0.5, 0.6) is 0 Å². The Morgan fingerprint density at radius 1 is 0.625 bits per heavy atom. The first-order chi connectivity index (χ1) is 5.41. The van der Waals surface area contributed by atoms with Crippen LogP contribution in [0.25, 0.3) is 0 Å². The van der Waals surface area contributed by atoms with Gasteiger partial charge in [-0.1, -0.05) is 0 Å². The minimum atomic E-state index is -5.46. The molecule has 0 radical (unpaired) electrons. The van der Waals surface area contributed by atoms with Crippen LogP contribution in [0.3, 0.4) is 0 Å². The predicted octanol–water partition coefficient (Wildman–Crippen LogP) is 0.571. The summed E-state index contributed by atoms with van der Waals surface area (Å²) in [6.07, 6.45) is 0. The van der Waals surface area contributed by atoms with E-state index in [0.29, 0.717) is 0 Å². The van der Waals surface area contributed by atoms with Crippen LogP contribution in [0.1, 0.15) is 0 Å². The van der Waals surface area contributed by atoms with Gasteiger partial charge in [-0.05, 0) is 0 Å². The minimum absolute atomic E-state index is 0. The molecule has 104 valence electrons. The normalized spacial score (nSPS) is 11.8. The molecule has 5 N–H and O–H groups in total. The Morgan fingerprint density at radius 3 is 0.938 bits per heavy atom. The molecule has 0 spiro atoms. The van der Waals surface area contributed by atoms with E-state index >= 15 is 0 Å². The summed E-state index contributed by atoms with van der Waals surface area (Å²) in [5.41, 5.74) is 0. The van der Waals surface area contributed by atoms with E-state index in [-0.39, 0.29) is 37.2 Å². The highest BCUT2D eigenvalue weighted by Crippen LogP contribution is 2.64. The third kappa shape index (κ3) is 17.7. The molecule has 0 amide bonds. The van der Waals surface area contributed by atoms with E-state index in [9.17, 15) is 13.7 Å². The van der Waals surface area contributed by atoms with E-state index in [2.05, 4.69) is 8.62 Å². The van der Waals surface area contributed by atoms with E-state index in [4.69, 9.17) is 24.5 Å². The minimum Gasteiger partial charge on any atom is -0.302 e. The molecule has 0 aromatic rings. The van der Waals surface area contributed by atoms with E-state index < -0.39 is 23.5 Å². The number of rotatable bonds is 4. The second-order valence-electron chi connectivity index (χ2n) is 1.61. The fraction of sp³-hybridized carbons (Fsp3) is 0. The quantitative estimate of drug-likeness (QED) is 0.442. The van der Waals surface area contributed by atoms with Crippen molar-refractivity contribution in [3.05, 3.63) is 0 Å². The van der Waals surface area contributed by atoms with Crippen LogP contribution in [-0.4, -0.2) is 24.5 Å². The van der Waals surface area contributed by atoms with Crippen LogP contribution in [0.15, 0.2) is 0 Å². The summed E-state index contributed by atoms with van der Waals surface area (Å²) in [7, 11) is -16.2. The zero-order valence-electron chi connectivity index (χ0n) is 6.84. The lowest BCUT2D eigenvalue weighted by Gasteiger charge is -2.11. The van der Waals surface area contributed by atoms with Crippen molar-refractivity contribution < 1.29 is 46.8 Å². The summed E-state index contributed by atoms with van der Waals surface area (Å²) in [4.78, 5) is 40.2. The molecule has 0 aromatic heterocycles. The maximum atomic E-state index is 10.4. The van der Waals surface area contributed by atoms with Gasteiger partial charge in [0.1, 0.15) is 0 Å². The first kappa shape index (κ1) is 26.0.